The Hall–Kier alpha value is -1.99. The van der Waals surface area contributed by atoms with Gasteiger partial charge in [0.25, 0.3) is 0 Å². The van der Waals surface area contributed by atoms with Crippen LogP contribution in [0.5, 0.6) is 0 Å². The summed E-state index contributed by atoms with van der Waals surface area (Å²) in [5.74, 6) is 0. The number of hydrogen-bond donors (Lipinski definition) is 0. The van der Waals surface area contributed by atoms with E-state index in [-0.39, 0.29) is 4.70 Å². The maximum atomic E-state index is 7.51. The van der Waals surface area contributed by atoms with Crippen LogP contribution in [0.15, 0.2) is 54.6 Å². The van der Waals surface area contributed by atoms with Gasteiger partial charge in [-0.05, 0) is 0 Å². The Kier molecular flexibility index (Phi) is 7.29. The SMILES string of the molecule is C=CC#N.F.c1ccc(-c2nccs2)cc1. The fourth-order valence-corrected chi connectivity index (χ4v) is 1.59. The Labute approximate surface area is 97.9 Å². The minimum Gasteiger partial charge on any atom is -0.269 e. The number of allylic oxidation sites excluding steroid dienone is 1. The van der Waals surface area contributed by atoms with Crippen molar-refractivity contribution in [1.29, 1.82) is 5.26 Å². The molecule has 0 saturated carbocycles. The zero-order valence-corrected chi connectivity index (χ0v) is 9.35. The molecule has 0 aliphatic rings. The first-order valence-corrected chi connectivity index (χ1v) is 5.22. The summed E-state index contributed by atoms with van der Waals surface area (Å²) in [5, 5.41) is 10.6. The number of halogens is 1. The molecule has 1 heterocycles. The standard InChI is InChI=1S/C9H7NS.C3H3N.FH/c1-2-4-8(5-3-1)9-10-6-7-11-9;1-2-3-4;/h1-7H;2H,1H2;1H. The summed E-state index contributed by atoms with van der Waals surface area (Å²) in [4.78, 5) is 4.20. The fraction of sp³-hybridized carbons (Fsp3) is 0. The molecule has 0 saturated heterocycles. The molecular formula is C12H11FN2S. The van der Waals surface area contributed by atoms with Gasteiger partial charge in [-0.1, -0.05) is 36.9 Å². The van der Waals surface area contributed by atoms with Crippen molar-refractivity contribution in [2.75, 3.05) is 0 Å². The van der Waals surface area contributed by atoms with Crippen molar-refractivity contribution in [1.82, 2.24) is 4.98 Å². The summed E-state index contributed by atoms with van der Waals surface area (Å²) < 4.78 is 0. The first-order chi connectivity index (χ1) is 7.38. The summed E-state index contributed by atoms with van der Waals surface area (Å²) in [6.07, 6.45) is 3.01. The third-order valence-electron chi connectivity index (χ3n) is 1.54. The molecule has 1 aromatic heterocycles. The predicted octanol–water partition coefficient (Wildman–Crippen LogP) is 3.66. The molecule has 2 aromatic rings. The van der Waals surface area contributed by atoms with E-state index in [4.69, 9.17) is 5.26 Å². The van der Waals surface area contributed by atoms with Crippen molar-refractivity contribution in [2.45, 2.75) is 0 Å². The van der Waals surface area contributed by atoms with Crippen molar-refractivity contribution < 1.29 is 4.70 Å². The molecule has 0 fully saturated rings. The fourth-order valence-electron chi connectivity index (χ4n) is 0.947. The van der Waals surface area contributed by atoms with Gasteiger partial charge >= 0.3 is 0 Å². The van der Waals surface area contributed by atoms with Crippen LogP contribution in [-0.2, 0) is 0 Å². The van der Waals surface area contributed by atoms with E-state index in [9.17, 15) is 0 Å². The number of hydrogen-bond acceptors (Lipinski definition) is 3. The quantitative estimate of drug-likeness (QED) is 0.706. The van der Waals surface area contributed by atoms with Crippen molar-refractivity contribution >= 4 is 11.3 Å². The van der Waals surface area contributed by atoms with Gasteiger partial charge < -0.3 is 0 Å². The summed E-state index contributed by atoms with van der Waals surface area (Å²) in [5.41, 5.74) is 1.20. The van der Waals surface area contributed by atoms with Crippen LogP contribution in [0.2, 0.25) is 0 Å². The highest BCUT2D eigenvalue weighted by atomic mass is 32.1. The van der Waals surface area contributed by atoms with Gasteiger partial charge in [0, 0.05) is 23.2 Å². The highest BCUT2D eigenvalue weighted by molar-refractivity contribution is 7.13. The van der Waals surface area contributed by atoms with E-state index in [2.05, 4.69) is 23.7 Å². The molecular weight excluding hydrogens is 223 g/mol. The van der Waals surface area contributed by atoms with Crippen LogP contribution in [-0.4, -0.2) is 4.98 Å². The monoisotopic (exact) mass is 234 g/mol. The van der Waals surface area contributed by atoms with Gasteiger partial charge in [-0.15, -0.1) is 11.3 Å². The average Bonchev–Trinajstić information content (AvgIpc) is 2.84. The van der Waals surface area contributed by atoms with Crippen LogP contribution >= 0.6 is 11.3 Å². The molecule has 0 aliphatic heterocycles. The van der Waals surface area contributed by atoms with Gasteiger partial charge in [0.05, 0.1) is 6.07 Å². The van der Waals surface area contributed by atoms with Crippen LogP contribution in [0.1, 0.15) is 0 Å². The molecule has 4 heteroatoms. The lowest BCUT2D eigenvalue weighted by Gasteiger charge is -1.91. The van der Waals surface area contributed by atoms with Crippen LogP contribution in [0.25, 0.3) is 10.6 Å². The third-order valence-corrected chi connectivity index (χ3v) is 2.37. The summed E-state index contributed by atoms with van der Waals surface area (Å²) >= 11 is 1.66. The molecule has 2 rings (SSSR count). The molecule has 0 amide bonds. The van der Waals surface area contributed by atoms with Crippen LogP contribution in [0.3, 0.4) is 0 Å². The topological polar surface area (TPSA) is 36.7 Å². The molecule has 0 aliphatic carbocycles. The summed E-state index contributed by atoms with van der Waals surface area (Å²) in [6.45, 7) is 3.12. The van der Waals surface area contributed by atoms with Gasteiger partial charge in [0.1, 0.15) is 5.01 Å². The molecule has 0 N–H and O–H groups in total. The van der Waals surface area contributed by atoms with Crippen LogP contribution in [0, 0.1) is 11.3 Å². The van der Waals surface area contributed by atoms with Gasteiger partial charge in [-0.2, -0.15) is 5.26 Å². The van der Waals surface area contributed by atoms with E-state index in [1.54, 1.807) is 17.4 Å². The number of aromatic nitrogens is 1. The zero-order chi connectivity index (χ0) is 10.9. The maximum Gasteiger partial charge on any atom is 0.123 e. The molecule has 82 valence electrons. The van der Waals surface area contributed by atoms with E-state index < -0.39 is 0 Å². The lowest BCUT2D eigenvalue weighted by atomic mass is 10.2. The second-order valence-electron chi connectivity index (χ2n) is 2.54. The van der Waals surface area contributed by atoms with Gasteiger partial charge in [-0.25, -0.2) is 4.98 Å². The van der Waals surface area contributed by atoms with Gasteiger partial charge in [0.15, 0.2) is 0 Å². The molecule has 0 atom stereocenters. The lowest BCUT2D eigenvalue weighted by Crippen LogP contribution is -1.71. The average molecular weight is 234 g/mol. The van der Waals surface area contributed by atoms with Crippen molar-refractivity contribution in [2.24, 2.45) is 0 Å². The molecule has 0 unspecified atom stereocenters. The lowest BCUT2D eigenvalue weighted by molar-refractivity contribution is 1.11. The number of nitrogens with zero attached hydrogens (tertiary/aromatic N) is 2. The second kappa shape index (κ2) is 8.33. The zero-order valence-electron chi connectivity index (χ0n) is 8.54. The van der Waals surface area contributed by atoms with E-state index in [0.29, 0.717) is 0 Å². The largest absolute Gasteiger partial charge is 0.269 e. The molecule has 2 nitrogen and oxygen atoms in total. The Morgan fingerprint density at radius 2 is 1.94 bits per heavy atom. The molecule has 0 bridgehead atoms. The highest BCUT2D eigenvalue weighted by Gasteiger charge is 1.95. The first-order valence-electron chi connectivity index (χ1n) is 4.34. The summed E-state index contributed by atoms with van der Waals surface area (Å²) in [7, 11) is 0. The van der Waals surface area contributed by atoms with Crippen molar-refractivity contribution in [3.05, 3.63) is 54.6 Å². The number of nitriles is 1. The molecule has 16 heavy (non-hydrogen) atoms. The minimum atomic E-state index is 0. The van der Waals surface area contributed by atoms with Gasteiger partial charge in [-0.3, -0.25) is 4.70 Å². The normalized spacial score (nSPS) is 7.69. The predicted molar refractivity (Wildman–Crippen MR) is 65.9 cm³/mol. The molecule has 0 spiro atoms. The third kappa shape index (κ3) is 4.49. The van der Waals surface area contributed by atoms with E-state index in [1.807, 2.05) is 29.8 Å². The first kappa shape index (κ1) is 14.0. The minimum absolute atomic E-state index is 0. The van der Waals surface area contributed by atoms with Crippen molar-refractivity contribution in [3.8, 4) is 16.6 Å². The van der Waals surface area contributed by atoms with Crippen LogP contribution < -0.4 is 0 Å². The van der Waals surface area contributed by atoms with Gasteiger partial charge in [0.2, 0.25) is 0 Å². The Morgan fingerprint density at radius 1 is 1.31 bits per heavy atom. The smallest absolute Gasteiger partial charge is 0.123 e. The second-order valence-corrected chi connectivity index (χ2v) is 3.43. The van der Waals surface area contributed by atoms with Crippen molar-refractivity contribution in [3.63, 3.8) is 0 Å². The Balaban J connectivity index is 0.000000397. The van der Waals surface area contributed by atoms with Crippen LogP contribution in [0.4, 0.5) is 4.70 Å². The Morgan fingerprint density at radius 3 is 2.38 bits per heavy atom. The molecule has 0 radical (unpaired) electrons. The van der Waals surface area contributed by atoms with E-state index in [0.717, 1.165) is 5.01 Å². The maximum absolute atomic E-state index is 7.51. The number of rotatable bonds is 1. The van der Waals surface area contributed by atoms with E-state index in [1.165, 1.54) is 11.6 Å². The summed E-state index contributed by atoms with van der Waals surface area (Å²) in [6, 6.07) is 11.9. The highest BCUT2D eigenvalue weighted by Crippen LogP contribution is 2.20. The number of benzene rings is 1. The number of thiazole rings is 1. The van der Waals surface area contributed by atoms with E-state index >= 15 is 0 Å². The Bertz CT molecular complexity index is 432. The molecule has 1 aromatic carbocycles.